The highest BCUT2D eigenvalue weighted by molar-refractivity contribution is 7.91. The fourth-order valence-corrected chi connectivity index (χ4v) is 3.34. The third kappa shape index (κ3) is 4.08. The number of hydrogen-bond donors (Lipinski definition) is 0. The third-order valence-electron chi connectivity index (χ3n) is 4.05. The normalized spacial score (nSPS) is 25.0. The average Bonchev–Trinajstić information content (AvgIpc) is 2.39. The molecule has 1 aromatic rings. The van der Waals surface area contributed by atoms with Crippen LogP contribution >= 0.6 is 0 Å². The van der Waals surface area contributed by atoms with Crippen LogP contribution in [0.15, 0.2) is 24.3 Å². The highest BCUT2D eigenvalue weighted by atomic mass is 32.2. The third-order valence-corrected chi connectivity index (χ3v) is 4.72. The molecule has 0 amide bonds. The lowest BCUT2D eigenvalue weighted by Gasteiger charge is -2.26. The van der Waals surface area contributed by atoms with Crippen LogP contribution < -0.4 is 0 Å². The molecular weight excluding hydrogens is 256 g/mol. The minimum absolute atomic E-state index is 0.0235. The van der Waals surface area contributed by atoms with Crippen LogP contribution in [0.4, 0.5) is 0 Å². The molecule has 1 unspecified atom stereocenters. The van der Waals surface area contributed by atoms with Crippen molar-refractivity contribution >= 4 is 17.0 Å². The fraction of sp³-hybridized carbons (Fsp3) is 0.562. The molecule has 0 aromatic heterocycles. The van der Waals surface area contributed by atoms with Crippen LogP contribution in [0.25, 0.3) is 0 Å². The number of carbonyl (C=O) groups excluding carboxylic acids is 1. The number of rotatable bonds is 4. The molecule has 0 bridgehead atoms. The molecular formula is C16H22O2S. The molecule has 0 heterocycles. The van der Waals surface area contributed by atoms with Gasteiger partial charge in [-0.05, 0) is 41.4 Å². The molecule has 1 aliphatic carbocycles. The van der Waals surface area contributed by atoms with Crippen molar-refractivity contribution < 1.29 is 9.35 Å². The maximum absolute atomic E-state index is 11.8. The van der Waals surface area contributed by atoms with Crippen LogP contribution in [0, 0.1) is 5.92 Å². The first-order valence-corrected chi connectivity index (χ1v) is 8.72. The first-order valence-electron chi connectivity index (χ1n) is 6.99. The molecule has 0 spiro atoms. The first-order chi connectivity index (χ1) is 9.06. The van der Waals surface area contributed by atoms with Gasteiger partial charge in [0.15, 0.2) is 5.75 Å². The van der Waals surface area contributed by atoms with Gasteiger partial charge in [-0.25, -0.2) is 0 Å². The Morgan fingerprint density at radius 2 is 1.79 bits per heavy atom. The number of carbonyl (C=O) groups is 1. The van der Waals surface area contributed by atoms with Crippen molar-refractivity contribution in [2.75, 3.05) is 12.0 Å². The quantitative estimate of drug-likeness (QED) is 0.624. The summed E-state index contributed by atoms with van der Waals surface area (Å²) in [6, 6.07) is 7.93. The lowest BCUT2D eigenvalue weighted by molar-refractivity contribution is 0.102. The second kappa shape index (κ2) is 6.58. The standard InChI is InChI=1S/C16H22O2S/c1-12-3-5-13(6-4-12)14-7-9-15(10-8-14)16(17)11-19(2)18/h7-10,12-13H,3-6,11H2,1-2H3. The molecule has 104 valence electrons. The molecule has 2 rings (SSSR count). The Morgan fingerprint density at radius 3 is 2.32 bits per heavy atom. The van der Waals surface area contributed by atoms with Crippen LogP contribution in [0.1, 0.15) is 54.4 Å². The molecule has 0 saturated heterocycles. The molecule has 19 heavy (non-hydrogen) atoms. The number of Topliss-reactive ketones (excluding diaryl/α,β-unsaturated/α-hetero) is 1. The molecule has 1 saturated carbocycles. The van der Waals surface area contributed by atoms with E-state index >= 15 is 0 Å². The van der Waals surface area contributed by atoms with E-state index in [0.29, 0.717) is 11.5 Å². The fourth-order valence-electron chi connectivity index (χ4n) is 2.80. The summed E-state index contributed by atoms with van der Waals surface area (Å²) in [4.78, 5) is 11.8. The Kier molecular flexibility index (Phi) is 5.06. The van der Waals surface area contributed by atoms with Gasteiger partial charge >= 0.3 is 0 Å². The van der Waals surface area contributed by atoms with E-state index in [9.17, 15) is 9.35 Å². The molecule has 1 fully saturated rings. The topological polar surface area (TPSA) is 40.1 Å². The molecule has 1 atom stereocenters. The predicted octanol–water partition coefficient (Wildman–Crippen LogP) is 3.54. The lowest BCUT2D eigenvalue weighted by atomic mass is 9.79. The van der Waals surface area contributed by atoms with E-state index in [1.807, 2.05) is 12.1 Å². The molecule has 1 aliphatic rings. The summed E-state index contributed by atoms with van der Waals surface area (Å²) in [7, 11) is 0. The first kappa shape index (κ1) is 14.6. The van der Waals surface area contributed by atoms with Gasteiger partial charge in [0.25, 0.3) is 0 Å². The highest BCUT2D eigenvalue weighted by Gasteiger charge is 2.20. The van der Waals surface area contributed by atoms with Gasteiger partial charge in [-0.15, -0.1) is 0 Å². The zero-order valence-electron chi connectivity index (χ0n) is 11.7. The summed E-state index contributed by atoms with van der Waals surface area (Å²) in [6.07, 6.45) is 6.69. The summed E-state index contributed by atoms with van der Waals surface area (Å²) in [5, 5.41) is 0. The summed E-state index contributed by atoms with van der Waals surface area (Å²) in [5.41, 5.74) is 2.03. The molecule has 0 N–H and O–H groups in total. The van der Waals surface area contributed by atoms with E-state index in [0.717, 1.165) is 5.92 Å². The molecule has 0 radical (unpaired) electrons. The second-order valence-corrected chi connectivity index (χ2v) is 7.15. The highest BCUT2D eigenvalue weighted by Crippen LogP contribution is 2.35. The van der Waals surface area contributed by atoms with Gasteiger partial charge in [-0.3, -0.25) is 4.79 Å². The number of hydrogen-bond acceptors (Lipinski definition) is 2. The van der Waals surface area contributed by atoms with Crippen LogP contribution in [0.2, 0.25) is 0 Å². The molecule has 1 aromatic carbocycles. The van der Waals surface area contributed by atoms with Crippen molar-refractivity contribution in [3.63, 3.8) is 0 Å². The Bertz CT molecular complexity index is 417. The van der Waals surface area contributed by atoms with E-state index < -0.39 is 11.2 Å². The maximum Gasteiger partial charge on any atom is 0.211 e. The van der Waals surface area contributed by atoms with E-state index in [2.05, 4.69) is 19.1 Å². The summed E-state index contributed by atoms with van der Waals surface area (Å²) < 4.78 is 11.1. The molecule has 3 heteroatoms. The van der Waals surface area contributed by atoms with Crippen molar-refractivity contribution in [2.45, 2.75) is 38.5 Å². The Morgan fingerprint density at radius 1 is 1.21 bits per heavy atom. The van der Waals surface area contributed by atoms with Gasteiger partial charge in [0, 0.05) is 5.56 Å². The largest absolute Gasteiger partial charge is 0.616 e. The zero-order chi connectivity index (χ0) is 13.8. The number of ketones is 1. The van der Waals surface area contributed by atoms with Gasteiger partial charge < -0.3 is 4.55 Å². The Balaban J connectivity index is 2.00. The smallest absolute Gasteiger partial charge is 0.211 e. The maximum atomic E-state index is 11.8. The SMILES string of the molecule is CC1CCC(c2ccc(C(=O)C[S+](C)[O-])cc2)CC1. The average molecular weight is 278 g/mol. The molecule has 2 nitrogen and oxygen atoms in total. The minimum Gasteiger partial charge on any atom is -0.616 e. The van der Waals surface area contributed by atoms with Crippen LogP contribution in [0.5, 0.6) is 0 Å². The van der Waals surface area contributed by atoms with E-state index in [-0.39, 0.29) is 11.5 Å². The summed E-state index contributed by atoms with van der Waals surface area (Å²) in [5.74, 6) is 1.61. The predicted molar refractivity (Wildman–Crippen MR) is 80.1 cm³/mol. The van der Waals surface area contributed by atoms with Crippen molar-refractivity contribution in [3.8, 4) is 0 Å². The van der Waals surface area contributed by atoms with Gasteiger partial charge in [0.05, 0.1) is 6.26 Å². The van der Waals surface area contributed by atoms with Crippen molar-refractivity contribution in [1.29, 1.82) is 0 Å². The van der Waals surface area contributed by atoms with Gasteiger partial charge in [0.1, 0.15) is 0 Å². The van der Waals surface area contributed by atoms with E-state index in [4.69, 9.17) is 0 Å². The monoisotopic (exact) mass is 278 g/mol. The minimum atomic E-state index is -1.06. The summed E-state index contributed by atoms with van der Waals surface area (Å²) in [6.45, 7) is 2.32. The molecule has 0 aliphatic heterocycles. The van der Waals surface area contributed by atoms with Gasteiger partial charge in [0.2, 0.25) is 5.78 Å². The van der Waals surface area contributed by atoms with E-state index in [1.54, 1.807) is 6.26 Å². The van der Waals surface area contributed by atoms with Crippen molar-refractivity contribution in [3.05, 3.63) is 35.4 Å². The lowest BCUT2D eigenvalue weighted by Crippen LogP contribution is -2.15. The van der Waals surface area contributed by atoms with Gasteiger partial charge in [-0.2, -0.15) is 0 Å². The van der Waals surface area contributed by atoms with E-state index in [1.165, 1.54) is 31.2 Å². The van der Waals surface area contributed by atoms with Crippen molar-refractivity contribution in [1.82, 2.24) is 0 Å². The zero-order valence-corrected chi connectivity index (χ0v) is 12.5. The van der Waals surface area contributed by atoms with Gasteiger partial charge in [-0.1, -0.05) is 44.0 Å². The van der Waals surface area contributed by atoms with Crippen molar-refractivity contribution in [2.24, 2.45) is 5.92 Å². The number of benzene rings is 1. The van der Waals surface area contributed by atoms with Crippen LogP contribution in [-0.4, -0.2) is 22.3 Å². The van der Waals surface area contributed by atoms with Crippen LogP contribution in [0.3, 0.4) is 0 Å². The Hall–Kier alpha value is -0.800. The Labute approximate surface area is 118 Å². The second-order valence-electron chi connectivity index (χ2n) is 5.72. The van der Waals surface area contributed by atoms with Crippen LogP contribution in [-0.2, 0) is 11.2 Å². The summed E-state index contributed by atoms with van der Waals surface area (Å²) >= 11 is -1.06.